The Bertz CT molecular complexity index is 610. The van der Waals surface area contributed by atoms with E-state index in [1.807, 2.05) is 23.0 Å². The van der Waals surface area contributed by atoms with E-state index in [9.17, 15) is 4.79 Å². The van der Waals surface area contributed by atoms with Gasteiger partial charge in [-0.1, -0.05) is 6.07 Å². The van der Waals surface area contributed by atoms with Crippen molar-refractivity contribution in [3.8, 4) is 0 Å². The molecule has 1 amide bonds. The number of hydrogen-bond donors (Lipinski definition) is 1. The Hall–Kier alpha value is -2.21. The SMILES string of the molecule is CNC(=O)C[C@H]1CN(Cc2cccnc2)Cc2ccnn21. The fourth-order valence-electron chi connectivity index (χ4n) is 2.80. The van der Waals surface area contributed by atoms with E-state index in [0.717, 1.165) is 25.3 Å². The summed E-state index contributed by atoms with van der Waals surface area (Å²) in [4.78, 5) is 18.2. The molecule has 1 aliphatic rings. The van der Waals surface area contributed by atoms with Gasteiger partial charge in [0.05, 0.1) is 18.2 Å². The van der Waals surface area contributed by atoms with Gasteiger partial charge in [0, 0.05) is 45.3 Å². The van der Waals surface area contributed by atoms with Crippen molar-refractivity contribution >= 4 is 5.91 Å². The topological polar surface area (TPSA) is 63.1 Å². The molecule has 2 aromatic heterocycles. The molecule has 6 nitrogen and oxygen atoms in total. The van der Waals surface area contributed by atoms with Crippen LogP contribution in [0.2, 0.25) is 0 Å². The average Bonchev–Trinajstić information content (AvgIpc) is 2.97. The molecule has 0 saturated carbocycles. The first-order valence-corrected chi connectivity index (χ1v) is 7.10. The number of hydrogen-bond acceptors (Lipinski definition) is 4. The molecule has 1 aliphatic heterocycles. The van der Waals surface area contributed by atoms with Gasteiger partial charge in [-0.15, -0.1) is 0 Å². The van der Waals surface area contributed by atoms with Crippen LogP contribution in [0.15, 0.2) is 36.8 Å². The molecular weight excluding hydrogens is 266 g/mol. The fourth-order valence-corrected chi connectivity index (χ4v) is 2.80. The summed E-state index contributed by atoms with van der Waals surface area (Å²) in [6.45, 7) is 2.50. The largest absolute Gasteiger partial charge is 0.359 e. The fraction of sp³-hybridized carbons (Fsp3) is 0.400. The van der Waals surface area contributed by atoms with Gasteiger partial charge in [-0.05, 0) is 17.7 Å². The Morgan fingerprint density at radius 2 is 2.33 bits per heavy atom. The zero-order valence-electron chi connectivity index (χ0n) is 12.1. The standard InChI is InChI=1S/C15H19N5O/c1-16-15(21)7-14-11-19(9-12-3-2-5-17-8-12)10-13-4-6-18-20(13)14/h2-6,8,14H,7,9-11H2,1H3,(H,16,21)/t14-/m0/s1. The number of amides is 1. The van der Waals surface area contributed by atoms with Gasteiger partial charge in [-0.25, -0.2) is 0 Å². The van der Waals surface area contributed by atoms with E-state index in [4.69, 9.17) is 0 Å². The minimum absolute atomic E-state index is 0.0460. The van der Waals surface area contributed by atoms with Crippen LogP contribution < -0.4 is 5.32 Å². The van der Waals surface area contributed by atoms with Crippen LogP contribution in [-0.4, -0.2) is 39.2 Å². The molecule has 0 fully saturated rings. The number of nitrogens with one attached hydrogen (secondary N) is 1. The molecule has 1 N–H and O–H groups in total. The second-order valence-electron chi connectivity index (χ2n) is 5.33. The molecule has 6 heteroatoms. The monoisotopic (exact) mass is 285 g/mol. The highest BCUT2D eigenvalue weighted by atomic mass is 16.1. The van der Waals surface area contributed by atoms with Gasteiger partial charge in [0.25, 0.3) is 0 Å². The third-order valence-electron chi connectivity index (χ3n) is 3.78. The van der Waals surface area contributed by atoms with Crippen molar-refractivity contribution in [1.82, 2.24) is 25.0 Å². The lowest BCUT2D eigenvalue weighted by molar-refractivity contribution is -0.121. The Morgan fingerprint density at radius 1 is 1.43 bits per heavy atom. The number of carbonyl (C=O) groups is 1. The molecule has 0 spiro atoms. The van der Waals surface area contributed by atoms with Gasteiger partial charge < -0.3 is 5.32 Å². The maximum atomic E-state index is 11.7. The maximum Gasteiger partial charge on any atom is 0.221 e. The molecule has 110 valence electrons. The van der Waals surface area contributed by atoms with Crippen molar-refractivity contribution in [2.24, 2.45) is 0 Å². The van der Waals surface area contributed by atoms with Crippen molar-refractivity contribution in [2.75, 3.05) is 13.6 Å². The van der Waals surface area contributed by atoms with Gasteiger partial charge >= 0.3 is 0 Å². The van der Waals surface area contributed by atoms with E-state index >= 15 is 0 Å². The molecule has 1 atom stereocenters. The zero-order valence-corrected chi connectivity index (χ0v) is 12.1. The third-order valence-corrected chi connectivity index (χ3v) is 3.78. The van der Waals surface area contributed by atoms with Crippen LogP contribution in [-0.2, 0) is 17.9 Å². The molecule has 0 aromatic carbocycles. The number of fused-ring (bicyclic) bond motifs is 1. The molecule has 21 heavy (non-hydrogen) atoms. The summed E-state index contributed by atoms with van der Waals surface area (Å²) in [6.07, 6.45) is 5.93. The molecule has 0 unspecified atom stereocenters. The first-order chi connectivity index (χ1) is 10.3. The van der Waals surface area contributed by atoms with Gasteiger partial charge in [0.1, 0.15) is 0 Å². The van der Waals surface area contributed by atoms with Gasteiger partial charge in [-0.2, -0.15) is 5.10 Å². The highest BCUT2D eigenvalue weighted by Crippen LogP contribution is 2.24. The highest BCUT2D eigenvalue weighted by Gasteiger charge is 2.27. The van der Waals surface area contributed by atoms with E-state index in [2.05, 4.69) is 26.4 Å². The van der Waals surface area contributed by atoms with Crippen LogP contribution in [0.25, 0.3) is 0 Å². The molecule has 0 radical (unpaired) electrons. The number of rotatable bonds is 4. The molecule has 0 bridgehead atoms. The van der Waals surface area contributed by atoms with Crippen LogP contribution in [0.4, 0.5) is 0 Å². The molecule has 3 rings (SSSR count). The Morgan fingerprint density at radius 3 is 3.10 bits per heavy atom. The third kappa shape index (κ3) is 3.11. The number of aromatic nitrogens is 3. The predicted molar refractivity (Wildman–Crippen MR) is 78.3 cm³/mol. The van der Waals surface area contributed by atoms with Crippen LogP contribution >= 0.6 is 0 Å². The van der Waals surface area contributed by atoms with E-state index in [0.29, 0.717) is 6.42 Å². The first kappa shape index (κ1) is 13.8. The van der Waals surface area contributed by atoms with E-state index in [1.54, 1.807) is 19.4 Å². The lowest BCUT2D eigenvalue weighted by atomic mass is 10.1. The zero-order chi connectivity index (χ0) is 14.7. The van der Waals surface area contributed by atoms with Crippen LogP contribution in [0.3, 0.4) is 0 Å². The summed E-state index contributed by atoms with van der Waals surface area (Å²) in [7, 11) is 1.67. The van der Waals surface area contributed by atoms with Crippen LogP contribution in [0, 0.1) is 0 Å². The molecule has 3 heterocycles. The van der Waals surface area contributed by atoms with Crippen LogP contribution in [0.1, 0.15) is 23.7 Å². The number of carbonyl (C=O) groups excluding carboxylic acids is 1. The second-order valence-corrected chi connectivity index (χ2v) is 5.33. The molecule has 2 aromatic rings. The Labute approximate surface area is 123 Å². The van der Waals surface area contributed by atoms with Gasteiger partial charge in [0.15, 0.2) is 0 Å². The summed E-state index contributed by atoms with van der Waals surface area (Å²) >= 11 is 0. The summed E-state index contributed by atoms with van der Waals surface area (Å²) in [5, 5.41) is 7.06. The second kappa shape index (κ2) is 6.05. The molecule has 0 saturated heterocycles. The predicted octanol–water partition coefficient (Wildman–Crippen LogP) is 0.971. The number of pyridine rings is 1. The smallest absolute Gasteiger partial charge is 0.221 e. The summed E-state index contributed by atoms with van der Waals surface area (Å²) in [6, 6.07) is 6.13. The van der Waals surface area contributed by atoms with Gasteiger partial charge in [-0.3, -0.25) is 19.4 Å². The minimum atomic E-state index is 0.0460. The summed E-state index contributed by atoms with van der Waals surface area (Å²) < 4.78 is 1.98. The maximum absolute atomic E-state index is 11.7. The molecule has 0 aliphatic carbocycles. The first-order valence-electron chi connectivity index (χ1n) is 7.10. The lowest BCUT2D eigenvalue weighted by Crippen LogP contribution is -2.39. The summed E-state index contributed by atoms with van der Waals surface area (Å²) in [5.41, 5.74) is 2.34. The van der Waals surface area contributed by atoms with Crippen molar-refractivity contribution in [3.63, 3.8) is 0 Å². The van der Waals surface area contributed by atoms with E-state index in [-0.39, 0.29) is 11.9 Å². The van der Waals surface area contributed by atoms with Crippen molar-refractivity contribution < 1.29 is 4.79 Å². The normalized spacial score (nSPS) is 18.2. The van der Waals surface area contributed by atoms with Crippen molar-refractivity contribution in [2.45, 2.75) is 25.6 Å². The van der Waals surface area contributed by atoms with Gasteiger partial charge in [0.2, 0.25) is 5.91 Å². The Balaban J connectivity index is 1.75. The Kier molecular flexibility index (Phi) is 3.96. The molecular formula is C15H19N5O. The van der Waals surface area contributed by atoms with Crippen molar-refractivity contribution in [1.29, 1.82) is 0 Å². The summed E-state index contributed by atoms with van der Waals surface area (Å²) in [5.74, 6) is 0.0460. The minimum Gasteiger partial charge on any atom is -0.359 e. The van der Waals surface area contributed by atoms with Crippen LogP contribution in [0.5, 0.6) is 0 Å². The van der Waals surface area contributed by atoms with E-state index < -0.39 is 0 Å². The lowest BCUT2D eigenvalue weighted by Gasteiger charge is -2.33. The van der Waals surface area contributed by atoms with Crippen molar-refractivity contribution in [3.05, 3.63) is 48.0 Å². The van der Waals surface area contributed by atoms with E-state index in [1.165, 1.54) is 5.56 Å². The highest BCUT2D eigenvalue weighted by molar-refractivity contribution is 5.76. The average molecular weight is 285 g/mol. The number of nitrogens with zero attached hydrogens (tertiary/aromatic N) is 4. The quantitative estimate of drug-likeness (QED) is 0.909.